The van der Waals surface area contributed by atoms with Crippen molar-refractivity contribution in [1.82, 2.24) is 24.4 Å². The van der Waals surface area contributed by atoms with Crippen molar-refractivity contribution in [3.05, 3.63) is 40.8 Å². The largest absolute Gasteiger partial charge is 0.354 e. The summed E-state index contributed by atoms with van der Waals surface area (Å²) >= 11 is 0. The summed E-state index contributed by atoms with van der Waals surface area (Å²) in [5.74, 6) is 1.03. The molecule has 0 atom stereocenters. The van der Waals surface area contributed by atoms with Crippen LogP contribution in [0, 0.1) is 0 Å². The lowest BCUT2D eigenvalue weighted by Crippen LogP contribution is -2.44. The molecule has 0 radical (unpaired) electrons. The van der Waals surface area contributed by atoms with Gasteiger partial charge in [0.2, 0.25) is 5.91 Å². The molecular formula is C18H25N7O2. The van der Waals surface area contributed by atoms with E-state index in [9.17, 15) is 9.59 Å². The van der Waals surface area contributed by atoms with E-state index in [-0.39, 0.29) is 23.9 Å². The number of carbonyl (C=O) groups is 1. The van der Waals surface area contributed by atoms with Crippen LogP contribution in [0.1, 0.15) is 25.5 Å². The highest BCUT2D eigenvalue weighted by Crippen LogP contribution is 2.15. The average Bonchev–Trinajstić information content (AvgIpc) is 2.64. The molecule has 0 saturated carbocycles. The summed E-state index contributed by atoms with van der Waals surface area (Å²) in [6, 6.07) is 3.22. The molecule has 2 aromatic heterocycles. The number of hydrogen-bond acceptors (Lipinski definition) is 7. The first-order valence-electron chi connectivity index (χ1n) is 9.04. The van der Waals surface area contributed by atoms with E-state index >= 15 is 0 Å². The number of rotatable bonds is 5. The highest BCUT2D eigenvalue weighted by Gasteiger charge is 2.16. The maximum atomic E-state index is 12.3. The standard InChI is InChI=1S/C18H25N7O2/c1-13(2)14-8-18(27)25(12-21-14)10-17(26)22-15-9-16(20-11-19-15)24-6-4-23(3)5-7-24/h8-9,11-13H,4-7,10H2,1-3H3,(H,19,20,22,26). The van der Waals surface area contributed by atoms with Crippen molar-refractivity contribution in [2.75, 3.05) is 43.4 Å². The zero-order valence-electron chi connectivity index (χ0n) is 15.9. The predicted molar refractivity (Wildman–Crippen MR) is 103 cm³/mol. The Hall–Kier alpha value is -2.81. The number of nitrogens with one attached hydrogen (secondary N) is 1. The first kappa shape index (κ1) is 19.0. The molecule has 9 nitrogen and oxygen atoms in total. The molecule has 0 unspecified atom stereocenters. The Kier molecular flexibility index (Phi) is 5.80. The van der Waals surface area contributed by atoms with E-state index in [0.717, 1.165) is 32.0 Å². The lowest BCUT2D eigenvalue weighted by atomic mass is 10.1. The minimum absolute atomic E-state index is 0.113. The molecule has 144 valence electrons. The lowest BCUT2D eigenvalue weighted by molar-refractivity contribution is -0.116. The third kappa shape index (κ3) is 4.88. The molecule has 27 heavy (non-hydrogen) atoms. The van der Waals surface area contributed by atoms with Gasteiger partial charge in [0.05, 0.1) is 12.0 Å². The van der Waals surface area contributed by atoms with Gasteiger partial charge in [0.1, 0.15) is 24.5 Å². The van der Waals surface area contributed by atoms with E-state index < -0.39 is 0 Å². The fraction of sp³-hybridized carbons (Fsp3) is 0.500. The van der Waals surface area contributed by atoms with Crippen molar-refractivity contribution >= 4 is 17.5 Å². The molecular weight excluding hydrogens is 346 g/mol. The van der Waals surface area contributed by atoms with Crippen LogP contribution in [0.25, 0.3) is 0 Å². The number of piperazine rings is 1. The third-order valence-electron chi connectivity index (χ3n) is 4.55. The van der Waals surface area contributed by atoms with Crippen molar-refractivity contribution in [2.45, 2.75) is 26.3 Å². The van der Waals surface area contributed by atoms with Crippen LogP contribution in [0.3, 0.4) is 0 Å². The molecule has 1 amide bonds. The van der Waals surface area contributed by atoms with Crippen LogP contribution in [-0.2, 0) is 11.3 Å². The van der Waals surface area contributed by atoms with Crippen LogP contribution in [0.15, 0.2) is 29.6 Å². The van der Waals surface area contributed by atoms with Crippen LogP contribution in [-0.4, -0.2) is 63.6 Å². The third-order valence-corrected chi connectivity index (χ3v) is 4.55. The van der Waals surface area contributed by atoms with Crippen molar-refractivity contribution < 1.29 is 4.79 Å². The smallest absolute Gasteiger partial charge is 0.254 e. The Bertz CT molecular complexity index is 857. The van der Waals surface area contributed by atoms with Crippen LogP contribution < -0.4 is 15.8 Å². The summed E-state index contributed by atoms with van der Waals surface area (Å²) in [4.78, 5) is 41.5. The molecule has 0 spiro atoms. The van der Waals surface area contributed by atoms with Crippen molar-refractivity contribution in [3.63, 3.8) is 0 Å². The first-order chi connectivity index (χ1) is 12.9. The van der Waals surface area contributed by atoms with Gasteiger partial charge in [-0.25, -0.2) is 15.0 Å². The number of nitrogens with zero attached hydrogens (tertiary/aromatic N) is 6. The number of amides is 1. The minimum Gasteiger partial charge on any atom is -0.354 e. The fourth-order valence-electron chi connectivity index (χ4n) is 2.84. The van der Waals surface area contributed by atoms with Gasteiger partial charge in [0.15, 0.2) is 0 Å². The second kappa shape index (κ2) is 8.26. The van der Waals surface area contributed by atoms with Crippen LogP contribution >= 0.6 is 0 Å². The molecule has 0 aromatic carbocycles. The quantitative estimate of drug-likeness (QED) is 0.820. The molecule has 3 heterocycles. The monoisotopic (exact) mass is 371 g/mol. The van der Waals surface area contributed by atoms with Gasteiger partial charge in [-0.3, -0.25) is 14.2 Å². The molecule has 3 rings (SSSR count). The summed E-state index contributed by atoms with van der Waals surface area (Å²) in [7, 11) is 2.09. The van der Waals surface area contributed by atoms with Crippen LogP contribution in [0.2, 0.25) is 0 Å². The number of carbonyl (C=O) groups excluding carboxylic acids is 1. The molecule has 9 heteroatoms. The molecule has 0 bridgehead atoms. The Morgan fingerprint density at radius 1 is 1.15 bits per heavy atom. The number of anilines is 2. The van der Waals surface area contributed by atoms with E-state index in [1.54, 1.807) is 6.07 Å². The second-order valence-corrected chi connectivity index (χ2v) is 7.03. The van der Waals surface area contributed by atoms with Gasteiger partial charge in [-0.1, -0.05) is 13.8 Å². The Morgan fingerprint density at radius 3 is 2.56 bits per heavy atom. The Morgan fingerprint density at radius 2 is 1.89 bits per heavy atom. The SMILES string of the molecule is CC(C)c1cc(=O)n(CC(=O)Nc2cc(N3CCN(C)CC3)ncn2)cn1. The van der Waals surface area contributed by atoms with Crippen LogP contribution in [0.4, 0.5) is 11.6 Å². The van der Waals surface area contributed by atoms with Crippen molar-refractivity contribution in [2.24, 2.45) is 0 Å². The summed E-state index contributed by atoms with van der Waals surface area (Å²) in [6.07, 6.45) is 2.85. The molecule has 1 saturated heterocycles. The van der Waals surface area contributed by atoms with Gasteiger partial charge in [0, 0.05) is 38.3 Å². The number of aromatic nitrogens is 4. The fourth-order valence-corrected chi connectivity index (χ4v) is 2.84. The van der Waals surface area contributed by atoms with E-state index in [0.29, 0.717) is 11.5 Å². The van der Waals surface area contributed by atoms with Gasteiger partial charge in [-0.15, -0.1) is 0 Å². The topological polar surface area (TPSA) is 96.2 Å². The maximum absolute atomic E-state index is 12.3. The van der Waals surface area contributed by atoms with Gasteiger partial charge in [-0.2, -0.15) is 0 Å². The highest BCUT2D eigenvalue weighted by atomic mass is 16.2. The van der Waals surface area contributed by atoms with E-state index in [1.165, 1.54) is 23.3 Å². The van der Waals surface area contributed by atoms with Gasteiger partial charge in [-0.05, 0) is 13.0 Å². The zero-order valence-corrected chi connectivity index (χ0v) is 15.9. The second-order valence-electron chi connectivity index (χ2n) is 7.03. The first-order valence-corrected chi connectivity index (χ1v) is 9.04. The van der Waals surface area contributed by atoms with E-state index in [4.69, 9.17) is 0 Å². The van der Waals surface area contributed by atoms with Gasteiger partial charge < -0.3 is 15.1 Å². The molecule has 1 aliphatic rings. The molecule has 1 fully saturated rings. The average molecular weight is 371 g/mol. The molecule has 1 aliphatic heterocycles. The van der Waals surface area contributed by atoms with Gasteiger partial charge in [0.25, 0.3) is 5.56 Å². The Labute approximate surface area is 158 Å². The number of likely N-dealkylation sites (N-methyl/N-ethyl adjacent to an activating group) is 1. The maximum Gasteiger partial charge on any atom is 0.254 e. The van der Waals surface area contributed by atoms with Gasteiger partial charge >= 0.3 is 0 Å². The summed E-state index contributed by atoms with van der Waals surface area (Å²) < 4.78 is 1.28. The number of hydrogen-bond donors (Lipinski definition) is 1. The molecule has 1 N–H and O–H groups in total. The lowest BCUT2D eigenvalue weighted by Gasteiger charge is -2.33. The molecule has 2 aromatic rings. The molecule has 0 aliphatic carbocycles. The summed E-state index contributed by atoms with van der Waals surface area (Å²) in [5, 5.41) is 2.73. The highest BCUT2D eigenvalue weighted by molar-refractivity contribution is 5.89. The summed E-state index contributed by atoms with van der Waals surface area (Å²) in [5.41, 5.74) is 0.467. The van der Waals surface area contributed by atoms with Crippen molar-refractivity contribution in [3.8, 4) is 0 Å². The normalized spacial score (nSPS) is 15.2. The minimum atomic E-state index is -0.334. The van der Waals surface area contributed by atoms with Crippen LogP contribution in [0.5, 0.6) is 0 Å². The predicted octanol–water partition coefficient (Wildman–Crippen LogP) is 0.547. The zero-order chi connectivity index (χ0) is 19.4. The van der Waals surface area contributed by atoms with E-state index in [2.05, 4.69) is 37.1 Å². The summed E-state index contributed by atoms with van der Waals surface area (Å²) in [6.45, 7) is 7.51. The Balaban J connectivity index is 1.64. The van der Waals surface area contributed by atoms with E-state index in [1.807, 2.05) is 13.8 Å². The van der Waals surface area contributed by atoms with Crippen molar-refractivity contribution in [1.29, 1.82) is 0 Å².